The molecule has 1 N–H and O–H groups in total. The number of hydrogen-bond acceptors (Lipinski definition) is 9. The SMILES string of the molecule is COc1ccc(CNc2nc(-c3nn(Cc4ccccc4F)c4ncccc34)ncc2[N+](=O)[O-])c(OC)c1. The van der Waals surface area contributed by atoms with Crippen LogP contribution in [0.3, 0.4) is 0 Å². The molecule has 0 bridgehead atoms. The van der Waals surface area contributed by atoms with Crippen LogP contribution in [0, 0.1) is 15.9 Å². The number of nitro groups is 1. The minimum Gasteiger partial charge on any atom is -0.497 e. The van der Waals surface area contributed by atoms with Gasteiger partial charge in [0, 0.05) is 29.9 Å². The maximum Gasteiger partial charge on any atom is 0.329 e. The highest BCUT2D eigenvalue weighted by atomic mass is 19.1. The molecule has 0 spiro atoms. The maximum absolute atomic E-state index is 14.3. The Hall–Kier alpha value is -5.13. The molecular weight excluding hydrogens is 493 g/mol. The summed E-state index contributed by atoms with van der Waals surface area (Å²) in [5.41, 5.74) is 1.75. The Labute approximate surface area is 216 Å². The van der Waals surface area contributed by atoms with Gasteiger partial charge in [0.05, 0.1) is 31.1 Å². The van der Waals surface area contributed by atoms with Crippen molar-refractivity contribution in [3.63, 3.8) is 0 Å². The van der Waals surface area contributed by atoms with Gasteiger partial charge < -0.3 is 14.8 Å². The first-order valence-corrected chi connectivity index (χ1v) is 11.5. The summed E-state index contributed by atoms with van der Waals surface area (Å²) < 4.78 is 26.5. The van der Waals surface area contributed by atoms with Gasteiger partial charge in [-0.3, -0.25) is 10.1 Å². The average Bonchev–Trinajstić information content (AvgIpc) is 3.31. The number of rotatable bonds is 9. The third kappa shape index (κ3) is 4.78. The van der Waals surface area contributed by atoms with Gasteiger partial charge in [0.1, 0.15) is 29.2 Å². The van der Waals surface area contributed by atoms with E-state index in [0.29, 0.717) is 33.8 Å². The summed E-state index contributed by atoms with van der Waals surface area (Å²) in [6.45, 7) is 0.323. The maximum atomic E-state index is 14.3. The largest absolute Gasteiger partial charge is 0.497 e. The number of benzene rings is 2. The first-order chi connectivity index (χ1) is 18.5. The molecule has 12 heteroatoms. The zero-order chi connectivity index (χ0) is 26.6. The molecule has 3 aromatic heterocycles. The molecule has 0 fully saturated rings. The molecule has 0 radical (unpaired) electrons. The van der Waals surface area contributed by atoms with Crippen molar-refractivity contribution in [3.8, 4) is 23.0 Å². The Morgan fingerprint density at radius 3 is 2.66 bits per heavy atom. The van der Waals surface area contributed by atoms with Gasteiger partial charge in [-0.25, -0.2) is 24.0 Å². The van der Waals surface area contributed by atoms with Crippen molar-refractivity contribution in [3.05, 3.63) is 94.0 Å². The van der Waals surface area contributed by atoms with E-state index in [2.05, 4.69) is 25.4 Å². The van der Waals surface area contributed by atoms with E-state index < -0.39 is 4.92 Å². The van der Waals surface area contributed by atoms with Crippen LogP contribution in [0.25, 0.3) is 22.6 Å². The standard InChI is InChI=1S/C26H22FN7O4/c1-37-18-10-9-16(22(12-18)38-2)13-29-24-21(34(35)36)14-30-25(31-24)23-19-7-5-11-28-26(19)33(32-23)15-17-6-3-4-8-20(17)27/h3-12,14H,13,15H2,1-2H3,(H,29,30,31). The lowest BCUT2D eigenvalue weighted by Gasteiger charge is -2.12. The van der Waals surface area contributed by atoms with E-state index in [1.54, 1.807) is 66.5 Å². The average molecular weight is 516 g/mol. The number of anilines is 1. The second kappa shape index (κ2) is 10.5. The molecule has 0 aliphatic carbocycles. The zero-order valence-electron chi connectivity index (χ0n) is 20.5. The van der Waals surface area contributed by atoms with Gasteiger partial charge in [0.2, 0.25) is 5.82 Å². The van der Waals surface area contributed by atoms with Crippen LogP contribution in [-0.2, 0) is 13.1 Å². The lowest BCUT2D eigenvalue weighted by Crippen LogP contribution is -2.08. The molecule has 3 heterocycles. The van der Waals surface area contributed by atoms with Crippen molar-refractivity contribution < 1.29 is 18.8 Å². The molecule has 0 atom stereocenters. The van der Waals surface area contributed by atoms with Crippen LogP contribution in [0.15, 0.2) is 67.0 Å². The third-order valence-electron chi connectivity index (χ3n) is 5.90. The number of nitrogens with one attached hydrogen (secondary N) is 1. The highest BCUT2D eigenvalue weighted by Crippen LogP contribution is 2.30. The fraction of sp³-hybridized carbons (Fsp3) is 0.154. The Morgan fingerprint density at radius 2 is 1.89 bits per heavy atom. The Balaban J connectivity index is 1.52. The molecule has 0 amide bonds. The number of halogens is 1. The fourth-order valence-corrected chi connectivity index (χ4v) is 4.00. The highest BCUT2D eigenvalue weighted by molar-refractivity contribution is 5.89. The molecule has 38 heavy (non-hydrogen) atoms. The van der Waals surface area contributed by atoms with Gasteiger partial charge in [-0.05, 0) is 30.3 Å². The fourth-order valence-electron chi connectivity index (χ4n) is 4.00. The molecule has 11 nitrogen and oxygen atoms in total. The molecular formula is C26H22FN7O4. The number of aromatic nitrogens is 5. The van der Waals surface area contributed by atoms with E-state index in [9.17, 15) is 14.5 Å². The third-order valence-corrected chi connectivity index (χ3v) is 5.90. The van der Waals surface area contributed by atoms with Crippen LogP contribution in [-0.4, -0.2) is 43.9 Å². The van der Waals surface area contributed by atoms with Gasteiger partial charge >= 0.3 is 5.69 Å². The van der Waals surface area contributed by atoms with E-state index in [0.717, 1.165) is 11.8 Å². The van der Waals surface area contributed by atoms with E-state index >= 15 is 0 Å². The first-order valence-electron chi connectivity index (χ1n) is 11.5. The van der Waals surface area contributed by atoms with Gasteiger partial charge in [0.15, 0.2) is 11.5 Å². The van der Waals surface area contributed by atoms with E-state index in [-0.39, 0.29) is 36.2 Å². The quantitative estimate of drug-likeness (QED) is 0.221. The second-order valence-electron chi connectivity index (χ2n) is 8.19. The predicted octanol–water partition coefficient (Wildman–Crippen LogP) is 4.61. The smallest absolute Gasteiger partial charge is 0.329 e. The molecule has 192 valence electrons. The minimum absolute atomic E-state index is 0.0126. The van der Waals surface area contributed by atoms with Gasteiger partial charge in [-0.1, -0.05) is 18.2 Å². The summed E-state index contributed by atoms with van der Waals surface area (Å²) in [5, 5.41) is 20.0. The van der Waals surface area contributed by atoms with Crippen molar-refractivity contribution in [1.82, 2.24) is 24.7 Å². The summed E-state index contributed by atoms with van der Waals surface area (Å²) in [5.74, 6) is 0.981. The van der Waals surface area contributed by atoms with Crippen molar-refractivity contribution in [2.45, 2.75) is 13.1 Å². The summed E-state index contributed by atoms with van der Waals surface area (Å²) in [4.78, 5) is 24.2. The second-order valence-corrected chi connectivity index (χ2v) is 8.19. The van der Waals surface area contributed by atoms with Crippen LogP contribution in [0.4, 0.5) is 15.9 Å². The Morgan fingerprint density at radius 1 is 1.05 bits per heavy atom. The van der Waals surface area contributed by atoms with Gasteiger partial charge in [-0.15, -0.1) is 0 Å². The molecule has 0 saturated carbocycles. The molecule has 0 aliphatic heterocycles. The Bertz CT molecular complexity index is 1640. The number of methoxy groups -OCH3 is 2. The van der Waals surface area contributed by atoms with Crippen LogP contribution < -0.4 is 14.8 Å². The van der Waals surface area contributed by atoms with Crippen LogP contribution in [0.5, 0.6) is 11.5 Å². The van der Waals surface area contributed by atoms with E-state index in [4.69, 9.17) is 9.47 Å². The summed E-state index contributed by atoms with van der Waals surface area (Å²) in [7, 11) is 3.08. The predicted molar refractivity (Wildman–Crippen MR) is 138 cm³/mol. The molecule has 5 aromatic rings. The summed E-state index contributed by atoms with van der Waals surface area (Å²) in [6.07, 6.45) is 2.74. The van der Waals surface area contributed by atoms with Crippen LogP contribution >= 0.6 is 0 Å². The molecule has 0 unspecified atom stereocenters. The summed E-state index contributed by atoms with van der Waals surface area (Å²) in [6, 6.07) is 15.2. The van der Waals surface area contributed by atoms with Crippen molar-refractivity contribution >= 4 is 22.5 Å². The lowest BCUT2D eigenvalue weighted by molar-refractivity contribution is -0.384. The number of hydrogen-bond donors (Lipinski definition) is 1. The van der Waals surface area contributed by atoms with Gasteiger partial charge in [-0.2, -0.15) is 5.10 Å². The number of ether oxygens (including phenoxy) is 2. The number of nitrogens with zero attached hydrogens (tertiary/aromatic N) is 6. The van der Waals surface area contributed by atoms with Crippen LogP contribution in [0.2, 0.25) is 0 Å². The van der Waals surface area contributed by atoms with Crippen LogP contribution in [0.1, 0.15) is 11.1 Å². The minimum atomic E-state index is -0.562. The monoisotopic (exact) mass is 515 g/mol. The molecule has 0 aliphatic rings. The Kier molecular flexibility index (Phi) is 6.76. The first kappa shape index (κ1) is 24.6. The highest BCUT2D eigenvalue weighted by Gasteiger charge is 2.22. The molecule has 2 aromatic carbocycles. The number of fused-ring (bicyclic) bond motifs is 1. The van der Waals surface area contributed by atoms with Crippen molar-refractivity contribution in [1.29, 1.82) is 0 Å². The van der Waals surface area contributed by atoms with E-state index in [1.807, 2.05) is 0 Å². The van der Waals surface area contributed by atoms with Crippen molar-refractivity contribution in [2.75, 3.05) is 19.5 Å². The lowest BCUT2D eigenvalue weighted by atomic mass is 10.2. The zero-order valence-corrected chi connectivity index (χ0v) is 20.5. The summed E-state index contributed by atoms with van der Waals surface area (Å²) >= 11 is 0. The molecule has 0 saturated heterocycles. The van der Waals surface area contributed by atoms with Crippen molar-refractivity contribution in [2.24, 2.45) is 0 Å². The van der Waals surface area contributed by atoms with E-state index in [1.165, 1.54) is 13.2 Å². The topological polar surface area (TPSA) is 130 Å². The van der Waals surface area contributed by atoms with Gasteiger partial charge in [0.25, 0.3) is 0 Å². The number of pyridine rings is 1. The molecule has 5 rings (SSSR count). The normalized spacial score (nSPS) is 10.9.